The Labute approximate surface area is 140 Å². The number of hydrogen-bond acceptors (Lipinski definition) is 8. The van der Waals surface area contributed by atoms with Crippen LogP contribution in [0.25, 0.3) is 10.9 Å². The average molecular weight is 327 g/mol. The number of anilines is 2. The highest BCUT2D eigenvalue weighted by atomic mass is 16.5. The molecule has 2 aromatic heterocycles. The maximum Gasteiger partial charge on any atom is 0.223 e. The van der Waals surface area contributed by atoms with Crippen molar-refractivity contribution < 1.29 is 4.74 Å². The molecule has 0 aliphatic heterocycles. The van der Waals surface area contributed by atoms with Crippen LogP contribution < -0.4 is 16.4 Å². The summed E-state index contributed by atoms with van der Waals surface area (Å²) < 4.78 is 5.14. The van der Waals surface area contributed by atoms with Crippen LogP contribution in [-0.4, -0.2) is 46.8 Å². The van der Waals surface area contributed by atoms with E-state index in [0.717, 1.165) is 18.2 Å². The standard InChI is InChI=1S/C16H21N7O/c1-9(8-24-2)20-15-14-10(3-13(6-17)21-15)7-19-16(23-14)22-12-4-11(18)5-12/h3,7,9,11-12H,4-5,8,18H2,1-2H3,(H,20,21)(H,19,22,23)/t9?,11-,12-. The lowest BCUT2D eigenvalue weighted by molar-refractivity contribution is 0.190. The van der Waals surface area contributed by atoms with Crippen LogP contribution >= 0.6 is 0 Å². The number of methoxy groups -OCH3 is 1. The normalized spacial score (nSPS) is 20.9. The number of ether oxygens (including phenoxy) is 1. The maximum atomic E-state index is 9.17. The fourth-order valence-electron chi connectivity index (χ4n) is 2.75. The van der Waals surface area contributed by atoms with Gasteiger partial charge in [0.1, 0.15) is 17.3 Å². The van der Waals surface area contributed by atoms with Crippen molar-refractivity contribution in [3.05, 3.63) is 18.0 Å². The van der Waals surface area contributed by atoms with Crippen molar-refractivity contribution in [3.8, 4) is 6.07 Å². The van der Waals surface area contributed by atoms with Crippen LogP contribution in [0.3, 0.4) is 0 Å². The first-order valence-electron chi connectivity index (χ1n) is 7.94. The predicted molar refractivity (Wildman–Crippen MR) is 91.6 cm³/mol. The Morgan fingerprint density at radius 2 is 2.25 bits per heavy atom. The molecule has 1 atom stereocenters. The lowest BCUT2D eigenvalue weighted by atomic mass is 9.88. The van der Waals surface area contributed by atoms with Crippen molar-refractivity contribution >= 4 is 22.7 Å². The zero-order chi connectivity index (χ0) is 17.1. The van der Waals surface area contributed by atoms with Crippen molar-refractivity contribution in [2.24, 2.45) is 5.73 Å². The second kappa shape index (κ2) is 6.95. The van der Waals surface area contributed by atoms with Gasteiger partial charge < -0.3 is 21.1 Å². The van der Waals surface area contributed by atoms with Gasteiger partial charge in [-0.1, -0.05) is 0 Å². The van der Waals surface area contributed by atoms with Gasteiger partial charge in [0.05, 0.1) is 6.61 Å². The van der Waals surface area contributed by atoms with Crippen LogP contribution in [-0.2, 0) is 4.74 Å². The van der Waals surface area contributed by atoms with E-state index >= 15 is 0 Å². The first-order valence-corrected chi connectivity index (χ1v) is 7.94. The van der Waals surface area contributed by atoms with Crippen LogP contribution in [0.1, 0.15) is 25.5 Å². The Kier molecular flexibility index (Phi) is 4.74. The number of nitrogens with one attached hydrogen (secondary N) is 2. The summed E-state index contributed by atoms with van der Waals surface area (Å²) >= 11 is 0. The van der Waals surface area contributed by atoms with E-state index in [9.17, 15) is 0 Å². The highest BCUT2D eigenvalue weighted by Gasteiger charge is 2.26. The number of fused-ring (bicyclic) bond motifs is 1. The Bertz CT molecular complexity index is 767. The van der Waals surface area contributed by atoms with E-state index in [-0.39, 0.29) is 12.1 Å². The minimum absolute atomic E-state index is 0.0376. The van der Waals surface area contributed by atoms with Crippen molar-refractivity contribution in [2.45, 2.75) is 37.9 Å². The van der Waals surface area contributed by atoms with Crippen LogP contribution in [0.15, 0.2) is 12.3 Å². The van der Waals surface area contributed by atoms with E-state index in [1.165, 1.54) is 0 Å². The summed E-state index contributed by atoms with van der Waals surface area (Å²) in [6, 6.07) is 4.36. The number of rotatable bonds is 6. The quantitative estimate of drug-likeness (QED) is 0.724. The van der Waals surface area contributed by atoms with Gasteiger partial charge in [0, 0.05) is 36.8 Å². The van der Waals surface area contributed by atoms with Gasteiger partial charge in [-0.15, -0.1) is 0 Å². The first-order chi connectivity index (χ1) is 11.6. The van der Waals surface area contributed by atoms with Gasteiger partial charge in [-0.05, 0) is 25.8 Å². The maximum absolute atomic E-state index is 9.17. The number of aromatic nitrogens is 3. The molecule has 4 N–H and O–H groups in total. The zero-order valence-electron chi connectivity index (χ0n) is 13.8. The molecule has 0 saturated heterocycles. The van der Waals surface area contributed by atoms with Crippen LogP contribution in [0.4, 0.5) is 11.8 Å². The van der Waals surface area contributed by atoms with Crippen LogP contribution in [0, 0.1) is 11.3 Å². The molecule has 8 heteroatoms. The Hall–Kier alpha value is -2.50. The summed E-state index contributed by atoms with van der Waals surface area (Å²) in [5, 5.41) is 16.5. The summed E-state index contributed by atoms with van der Waals surface area (Å²) in [5.41, 5.74) is 6.81. The molecule has 1 saturated carbocycles. The fourth-order valence-corrected chi connectivity index (χ4v) is 2.75. The van der Waals surface area contributed by atoms with E-state index in [2.05, 4.69) is 31.7 Å². The molecule has 0 spiro atoms. The van der Waals surface area contributed by atoms with Gasteiger partial charge in [0.2, 0.25) is 5.95 Å². The molecular weight excluding hydrogens is 306 g/mol. The summed E-state index contributed by atoms with van der Waals surface area (Å²) in [4.78, 5) is 13.2. The van der Waals surface area contributed by atoms with Crippen LogP contribution in [0.5, 0.6) is 0 Å². The van der Waals surface area contributed by atoms with Crippen molar-refractivity contribution in [1.82, 2.24) is 15.0 Å². The number of hydrogen-bond donors (Lipinski definition) is 3. The average Bonchev–Trinajstić information content (AvgIpc) is 2.53. The molecule has 1 aliphatic carbocycles. The van der Waals surface area contributed by atoms with Crippen molar-refractivity contribution in [2.75, 3.05) is 24.4 Å². The molecule has 8 nitrogen and oxygen atoms in total. The topological polar surface area (TPSA) is 122 Å². The molecule has 1 fully saturated rings. The molecule has 0 radical (unpaired) electrons. The van der Waals surface area contributed by atoms with E-state index in [4.69, 9.17) is 15.7 Å². The second-order valence-corrected chi connectivity index (χ2v) is 6.17. The number of nitrogens with zero attached hydrogens (tertiary/aromatic N) is 4. The molecule has 24 heavy (non-hydrogen) atoms. The highest BCUT2D eigenvalue weighted by molar-refractivity contribution is 5.89. The molecular formula is C16H21N7O. The molecule has 126 valence electrons. The smallest absolute Gasteiger partial charge is 0.223 e. The minimum Gasteiger partial charge on any atom is -0.383 e. The van der Waals surface area contributed by atoms with Gasteiger partial charge in [0.15, 0.2) is 5.82 Å². The molecule has 2 heterocycles. The Balaban J connectivity index is 1.91. The largest absolute Gasteiger partial charge is 0.383 e. The van der Waals surface area contributed by atoms with E-state index in [0.29, 0.717) is 35.6 Å². The highest BCUT2D eigenvalue weighted by Crippen LogP contribution is 2.25. The zero-order valence-corrected chi connectivity index (χ0v) is 13.8. The number of nitrogens with two attached hydrogens (primary N) is 1. The summed E-state index contributed by atoms with van der Waals surface area (Å²) in [6.45, 7) is 2.50. The molecule has 0 amide bonds. The fraction of sp³-hybridized carbons (Fsp3) is 0.500. The number of nitriles is 1. The second-order valence-electron chi connectivity index (χ2n) is 6.17. The third-order valence-corrected chi connectivity index (χ3v) is 3.99. The van der Waals surface area contributed by atoms with Crippen molar-refractivity contribution in [1.29, 1.82) is 5.26 Å². The molecule has 2 aromatic rings. The Morgan fingerprint density at radius 3 is 2.92 bits per heavy atom. The lowest BCUT2D eigenvalue weighted by Crippen LogP contribution is -2.44. The summed E-state index contributed by atoms with van der Waals surface area (Å²) in [7, 11) is 1.64. The first kappa shape index (κ1) is 16.4. The molecule has 1 unspecified atom stereocenters. The van der Waals surface area contributed by atoms with E-state index in [1.807, 2.05) is 6.92 Å². The lowest BCUT2D eigenvalue weighted by Gasteiger charge is -2.32. The Morgan fingerprint density at radius 1 is 1.46 bits per heavy atom. The van der Waals surface area contributed by atoms with E-state index < -0.39 is 0 Å². The van der Waals surface area contributed by atoms with E-state index in [1.54, 1.807) is 19.4 Å². The molecule has 0 aromatic carbocycles. The van der Waals surface area contributed by atoms with Gasteiger partial charge in [-0.25, -0.2) is 15.0 Å². The molecule has 1 aliphatic rings. The van der Waals surface area contributed by atoms with Gasteiger partial charge in [0.25, 0.3) is 0 Å². The van der Waals surface area contributed by atoms with Crippen LogP contribution in [0.2, 0.25) is 0 Å². The minimum atomic E-state index is 0.0376. The monoisotopic (exact) mass is 327 g/mol. The number of pyridine rings is 1. The van der Waals surface area contributed by atoms with Gasteiger partial charge in [-0.2, -0.15) is 5.26 Å². The molecule has 0 bridgehead atoms. The third kappa shape index (κ3) is 3.53. The summed E-state index contributed by atoms with van der Waals surface area (Å²) in [6.07, 6.45) is 3.55. The SMILES string of the molecule is COCC(C)Nc1nc(C#N)cc2cnc(N[C@H]3C[C@H](N)C3)nc12. The third-order valence-electron chi connectivity index (χ3n) is 3.99. The molecule has 3 rings (SSSR count). The van der Waals surface area contributed by atoms with Gasteiger partial charge in [-0.3, -0.25) is 0 Å². The van der Waals surface area contributed by atoms with Crippen molar-refractivity contribution in [3.63, 3.8) is 0 Å². The predicted octanol–water partition coefficient (Wildman–Crippen LogP) is 1.24. The van der Waals surface area contributed by atoms with Gasteiger partial charge >= 0.3 is 0 Å². The summed E-state index contributed by atoms with van der Waals surface area (Å²) in [5.74, 6) is 1.11.